The van der Waals surface area contributed by atoms with Crippen molar-refractivity contribution in [1.82, 2.24) is 0 Å². The smallest absolute Gasteiger partial charge is 0.306 e. The van der Waals surface area contributed by atoms with Crippen LogP contribution in [0.15, 0.2) is 72.9 Å². The van der Waals surface area contributed by atoms with E-state index in [0.29, 0.717) is 19.3 Å². The molecular weight excluding hydrogens is 721 g/mol. The summed E-state index contributed by atoms with van der Waals surface area (Å²) in [5.74, 6) is -0.938. The zero-order valence-corrected chi connectivity index (χ0v) is 37.8. The van der Waals surface area contributed by atoms with Gasteiger partial charge in [-0.3, -0.25) is 14.4 Å². The van der Waals surface area contributed by atoms with Crippen LogP contribution in [0.5, 0.6) is 0 Å². The van der Waals surface area contributed by atoms with Crippen molar-refractivity contribution in [2.45, 2.75) is 226 Å². The third kappa shape index (κ3) is 44.0. The van der Waals surface area contributed by atoms with Gasteiger partial charge in [0.15, 0.2) is 6.10 Å². The molecule has 0 heterocycles. The molecule has 0 aromatic heterocycles. The number of carbonyl (C=O) groups excluding carboxylic acids is 3. The molecule has 1 atom stereocenters. The maximum absolute atomic E-state index is 12.7. The van der Waals surface area contributed by atoms with Gasteiger partial charge >= 0.3 is 17.9 Å². The largest absolute Gasteiger partial charge is 0.462 e. The van der Waals surface area contributed by atoms with Crippen LogP contribution in [0.25, 0.3) is 0 Å². The second-order valence-corrected chi connectivity index (χ2v) is 15.7. The molecule has 6 nitrogen and oxygen atoms in total. The highest BCUT2D eigenvalue weighted by molar-refractivity contribution is 5.71. The summed E-state index contributed by atoms with van der Waals surface area (Å²) in [4.78, 5) is 37.8. The molecule has 1 unspecified atom stereocenters. The summed E-state index contributed by atoms with van der Waals surface area (Å²) < 4.78 is 16.7. The number of carbonyl (C=O) groups is 3. The molecule has 0 fully saturated rings. The molecule has 0 rings (SSSR count). The fourth-order valence-electron chi connectivity index (χ4n) is 6.41. The van der Waals surface area contributed by atoms with Gasteiger partial charge in [-0.05, 0) is 89.9 Å². The molecule has 0 aliphatic carbocycles. The normalized spacial score (nSPS) is 12.7. The van der Waals surface area contributed by atoms with E-state index in [0.717, 1.165) is 116 Å². The monoisotopic (exact) mass is 809 g/mol. The maximum atomic E-state index is 12.7. The molecule has 0 aromatic carbocycles. The molecular formula is C52H88O6. The molecule has 0 saturated carbocycles. The lowest BCUT2D eigenvalue weighted by Gasteiger charge is -2.18. The molecule has 0 aromatic rings. The summed E-state index contributed by atoms with van der Waals surface area (Å²) in [6.07, 6.45) is 57.4. The van der Waals surface area contributed by atoms with Crippen LogP contribution in [0, 0.1) is 0 Å². The Labute approximate surface area is 357 Å². The van der Waals surface area contributed by atoms with Gasteiger partial charge in [-0.1, -0.05) is 184 Å². The highest BCUT2D eigenvalue weighted by Crippen LogP contribution is 2.13. The average Bonchev–Trinajstić information content (AvgIpc) is 3.22. The van der Waals surface area contributed by atoms with Gasteiger partial charge in [0.05, 0.1) is 0 Å². The van der Waals surface area contributed by atoms with E-state index in [1.807, 2.05) is 0 Å². The minimum Gasteiger partial charge on any atom is -0.462 e. The Balaban J connectivity index is 4.44. The van der Waals surface area contributed by atoms with E-state index in [4.69, 9.17) is 14.2 Å². The van der Waals surface area contributed by atoms with Gasteiger partial charge in [-0.15, -0.1) is 0 Å². The molecule has 0 bridgehead atoms. The second kappa shape index (κ2) is 46.5. The van der Waals surface area contributed by atoms with Crippen molar-refractivity contribution in [3.63, 3.8) is 0 Å². The van der Waals surface area contributed by atoms with Crippen LogP contribution in [0.2, 0.25) is 0 Å². The van der Waals surface area contributed by atoms with Crippen molar-refractivity contribution in [3.8, 4) is 0 Å². The first-order valence-electron chi connectivity index (χ1n) is 24.0. The zero-order valence-electron chi connectivity index (χ0n) is 37.8. The Morgan fingerprint density at radius 2 is 0.759 bits per heavy atom. The molecule has 0 amide bonds. The van der Waals surface area contributed by atoms with E-state index >= 15 is 0 Å². The Morgan fingerprint density at radius 1 is 0.379 bits per heavy atom. The number of allylic oxidation sites excluding steroid dienone is 12. The fraction of sp³-hybridized carbons (Fsp3) is 0.712. The van der Waals surface area contributed by atoms with E-state index in [9.17, 15) is 14.4 Å². The maximum Gasteiger partial charge on any atom is 0.306 e. The molecule has 0 saturated heterocycles. The lowest BCUT2D eigenvalue weighted by Crippen LogP contribution is -2.30. The number of hydrogen-bond acceptors (Lipinski definition) is 6. The highest BCUT2D eigenvalue weighted by atomic mass is 16.6. The van der Waals surface area contributed by atoms with Gasteiger partial charge in [0.1, 0.15) is 13.2 Å². The number of hydrogen-bond donors (Lipinski definition) is 0. The third-order valence-corrected chi connectivity index (χ3v) is 9.99. The van der Waals surface area contributed by atoms with Crippen LogP contribution in [0.1, 0.15) is 220 Å². The third-order valence-electron chi connectivity index (χ3n) is 9.99. The molecule has 58 heavy (non-hydrogen) atoms. The first-order chi connectivity index (χ1) is 28.5. The fourth-order valence-corrected chi connectivity index (χ4v) is 6.41. The summed E-state index contributed by atoms with van der Waals surface area (Å²) in [6.45, 7) is 6.34. The first kappa shape index (κ1) is 54.9. The van der Waals surface area contributed by atoms with Crippen LogP contribution in [-0.2, 0) is 28.6 Å². The van der Waals surface area contributed by atoms with Gasteiger partial charge in [-0.2, -0.15) is 0 Å². The number of esters is 3. The van der Waals surface area contributed by atoms with Crippen LogP contribution in [0.3, 0.4) is 0 Å². The molecule has 0 radical (unpaired) electrons. The van der Waals surface area contributed by atoms with E-state index in [-0.39, 0.29) is 31.1 Å². The van der Waals surface area contributed by atoms with Crippen LogP contribution in [-0.4, -0.2) is 37.2 Å². The molecule has 0 spiro atoms. The van der Waals surface area contributed by atoms with Gasteiger partial charge < -0.3 is 14.2 Å². The van der Waals surface area contributed by atoms with E-state index in [1.54, 1.807) is 0 Å². The van der Waals surface area contributed by atoms with Crippen LogP contribution < -0.4 is 0 Å². The van der Waals surface area contributed by atoms with Gasteiger partial charge in [-0.25, -0.2) is 0 Å². The SMILES string of the molecule is CC\C=C/C=C\C=C/CCCCCCCCCC(=O)OCC(COC(=O)CCCCCCC/C=C\C/C=C\CC)OC(=O)CCCCC/C=C\CCCCCCCC. The molecule has 0 N–H and O–H groups in total. The predicted octanol–water partition coefficient (Wildman–Crippen LogP) is 15.5. The standard InChI is InChI=1S/C52H88O6/c1-4-7-10-13-16-19-22-25-26-28-30-33-36-39-42-45-51(54)57-48-49(47-56-50(53)44-41-38-35-32-29-24-21-18-15-12-9-6-3)58-52(55)46-43-40-37-34-31-27-23-20-17-14-11-8-5-2/h7,9-10,12-13,16,18-19,21-22,27,31,49H,4-6,8,11,14-15,17,20,23-26,28-30,32-48H2,1-3H3/b10-7-,12-9-,16-13-,21-18-,22-19-,31-27-. The minimum atomic E-state index is -0.792. The van der Waals surface area contributed by atoms with Crippen molar-refractivity contribution in [1.29, 1.82) is 0 Å². The van der Waals surface area contributed by atoms with Crippen molar-refractivity contribution < 1.29 is 28.6 Å². The minimum absolute atomic E-state index is 0.0930. The number of ether oxygens (including phenoxy) is 3. The topological polar surface area (TPSA) is 78.9 Å². The zero-order chi connectivity index (χ0) is 42.3. The lowest BCUT2D eigenvalue weighted by molar-refractivity contribution is -0.167. The summed E-state index contributed by atoms with van der Waals surface area (Å²) in [6, 6.07) is 0. The van der Waals surface area contributed by atoms with Crippen molar-refractivity contribution >= 4 is 17.9 Å². The molecule has 6 heteroatoms. The lowest BCUT2D eigenvalue weighted by atomic mass is 10.1. The predicted molar refractivity (Wildman–Crippen MR) is 247 cm³/mol. The average molecular weight is 809 g/mol. The van der Waals surface area contributed by atoms with Gasteiger partial charge in [0, 0.05) is 19.3 Å². The first-order valence-corrected chi connectivity index (χ1v) is 24.0. The van der Waals surface area contributed by atoms with E-state index < -0.39 is 6.10 Å². The summed E-state index contributed by atoms with van der Waals surface area (Å²) in [5.41, 5.74) is 0. The number of rotatable bonds is 42. The quantitative estimate of drug-likeness (QED) is 0.0201. The summed E-state index contributed by atoms with van der Waals surface area (Å²) in [5, 5.41) is 0. The molecule has 0 aliphatic rings. The van der Waals surface area contributed by atoms with Gasteiger partial charge in [0.25, 0.3) is 0 Å². The number of unbranched alkanes of at least 4 members (excludes halogenated alkanes) is 21. The van der Waals surface area contributed by atoms with Crippen molar-refractivity contribution in [3.05, 3.63) is 72.9 Å². The van der Waals surface area contributed by atoms with Crippen molar-refractivity contribution in [2.75, 3.05) is 13.2 Å². The van der Waals surface area contributed by atoms with Crippen LogP contribution >= 0.6 is 0 Å². The summed E-state index contributed by atoms with van der Waals surface area (Å²) in [7, 11) is 0. The molecule has 332 valence electrons. The second-order valence-electron chi connectivity index (χ2n) is 15.7. The van der Waals surface area contributed by atoms with Crippen LogP contribution in [0.4, 0.5) is 0 Å². The Kier molecular flexibility index (Phi) is 44.0. The highest BCUT2D eigenvalue weighted by Gasteiger charge is 2.19. The molecule has 0 aliphatic heterocycles. The van der Waals surface area contributed by atoms with E-state index in [2.05, 4.69) is 93.7 Å². The Bertz CT molecular complexity index is 1110. The van der Waals surface area contributed by atoms with Gasteiger partial charge in [0.2, 0.25) is 0 Å². The Hall–Kier alpha value is -3.15. The summed E-state index contributed by atoms with van der Waals surface area (Å²) >= 11 is 0. The van der Waals surface area contributed by atoms with Crippen molar-refractivity contribution in [2.24, 2.45) is 0 Å². The Morgan fingerprint density at radius 3 is 1.26 bits per heavy atom. The van der Waals surface area contributed by atoms with E-state index in [1.165, 1.54) is 64.2 Å².